The largest absolute Gasteiger partial charge is 0.507 e. The van der Waals surface area contributed by atoms with Gasteiger partial charge in [-0.1, -0.05) is 55.7 Å². The van der Waals surface area contributed by atoms with Crippen LogP contribution in [0.4, 0.5) is 4.79 Å². The molecule has 7 nitrogen and oxygen atoms in total. The Morgan fingerprint density at radius 2 is 1.90 bits per heavy atom. The molecule has 1 saturated heterocycles. The molecule has 0 aromatic heterocycles. The molecule has 2 fully saturated rings. The molecule has 1 heterocycles. The predicted octanol–water partition coefficient (Wildman–Crippen LogP) is 3.71. The molecule has 2 aliphatic rings. The Labute approximate surface area is 182 Å². The number of aliphatic hydroxyl groups is 1. The minimum atomic E-state index is -0.685. The number of carbonyl (C=O) groups is 3. The van der Waals surface area contributed by atoms with Crippen LogP contribution < -0.4 is 10.6 Å². The second-order valence-corrected chi connectivity index (χ2v) is 8.04. The molecule has 166 valence electrons. The van der Waals surface area contributed by atoms with Gasteiger partial charge >= 0.3 is 6.09 Å². The van der Waals surface area contributed by atoms with Crippen molar-refractivity contribution in [3.05, 3.63) is 59.4 Å². The normalized spacial score (nSPS) is 21.2. The summed E-state index contributed by atoms with van der Waals surface area (Å²) >= 11 is 0. The average molecular weight is 427 g/mol. The highest BCUT2D eigenvalue weighted by Gasteiger charge is 2.37. The molecule has 3 rings (SSSR count). The van der Waals surface area contributed by atoms with E-state index < -0.39 is 23.8 Å². The fraction of sp³-hybridized carbons (Fsp3) is 0.458. The Morgan fingerprint density at radius 3 is 2.65 bits per heavy atom. The van der Waals surface area contributed by atoms with E-state index in [4.69, 9.17) is 4.74 Å². The van der Waals surface area contributed by atoms with E-state index >= 15 is 0 Å². The fourth-order valence-corrected chi connectivity index (χ4v) is 3.94. The van der Waals surface area contributed by atoms with Gasteiger partial charge in [0, 0.05) is 6.54 Å². The minimum absolute atomic E-state index is 0.174. The first kappa shape index (κ1) is 22.6. The quantitative estimate of drug-likeness (QED) is 0.254. The Morgan fingerprint density at radius 1 is 1.16 bits per heavy atom. The molecule has 2 amide bonds. The predicted molar refractivity (Wildman–Crippen MR) is 116 cm³/mol. The van der Waals surface area contributed by atoms with Crippen LogP contribution in [0.1, 0.15) is 50.5 Å². The molecule has 0 bridgehead atoms. The standard InChI is InChI=1S/C24H30N2O5/c27-20(14-13-17-8-3-1-4-9-17)21-22(28)19(26-23(21)29)12-7-15-25-24(30)31-16-18-10-5-2-6-11-18/h2,5-6,10-11,13-14,17,19,27H,1,3-4,7-9,12,15-16H2,(H,25,30)(H,26,29). The van der Waals surface area contributed by atoms with Crippen LogP contribution in [0.5, 0.6) is 0 Å². The lowest BCUT2D eigenvalue weighted by Crippen LogP contribution is -2.31. The number of ketones is 1. The van der Waals surface area contributed by atoms with Gasteiger partial charge in [0.15, 0.2) is 5.78 Å². The zero-order valence-corrected chi connectivity index (χ0v) is 17.6. The number of Topliss-reactive ketones (excluding diaryl/α,β-unsaturated/α-hetero) is 1. The van der Waals surface area contributed by atoms with Crippen molar-refractivity contribution >= 4 is 17.8 Å². The molecule has 1 aliphatic carbocycles. The van der Waals surface area contributed by atoms with Gasteiger partial charge in [0.25, 0.3) is 5.91 Å². The molecule has 1 aliphatic heterocycles. The Balaban J connectivity index is 1.41. The SMILES string of the molecule is O=C(NCCCC1NC(=O)C(=C(O)C=CC2CCCCC2)C1=O)OCc1ccccc1. The third-order valence-electron chi connectivity index (χ3n) is 5.68. The van der Waals surface area contributed by atoms with Crippen LogP contribution in [-0.2, 0) is 20.9 Å². The first-order chi connectivity index (χ1) is 15.0. The van der Waals surface area contributed by atoms with Crippen molar-refractivity contribution < 1.29 is 24.2 Å². The Bertz CT molecular complexity index is 841. The summed E-state index contributed by atoms with van der Waals surface area (Å²) < 4.78 is 5.13. The molecule has 1 saturated carbocycles. The maximum Gasteiger partial charge on any atom is 0.407 e. The first-order valence-electron chi connectivity index (χ1n) is 11.0. The van der Waals surface area contributed by atoms with Crippen LogP contribution in [0.2, 0.25) is 0 Å². The Hall–Kier alpha value is -3.09. The van der Waals surface area contributed by atoms with Crippen LogP contribution >= 0.6 is 0 Å². The van der Waals surface area contributed by atoms with E-state index in [0.717, 1.165) is 18.4 Å². The van der Waals surface area contributed by atoms with Crippen molar-refractivity contribution in [3.8, 4) is 0 Å². The summed E-state index contributed by atoms with van der Waals surface area (Å²) in [6.45, 7) is 0.505. The van der Waals surface area contributed by atoms with E-state index in [2.05, 4.69) is 10.6 Å². The van der Waals surface area contributed by atoms with Crippen molar-refractivity contribution in [3.63, 3.8) is 0 Å². The third kappa shape index (κ3) is 6.70. The molecule has 7 heteroatoms. The maximum atomic E-state index is 12.5. The average Bonchev–Trinajstić information content (AvgIpc) is 3.08. The zero-order chi connectivity index (χ0) is 22.1. The number of amides is 2. The number of carbonyl (C=O) groups excluding carboxylic acids is 3. The van der Waals surface area contributed by atoms with Crippen molar-refractivity contribution in [2.75, 3.05) is 6.54 Å². The number of hydrogen-bond donors (Lipinski definition) is 3. The number of nitrogens with one attached hydrogen (secondary N) is 2. The molecule has 1 unspecified atom stereocenters. The first-order valence-corrected chi connectivity index (χ1v) is 11.0. The van der Waals surface area contributed by atoms with Gasteiger partial charge in [-0.15, -0.1) is 0 Å². The molecule has 1 atom stereocenters. The van der Waals surface area contributed by atoms with E-state index in [0.29, 0.717) is 25.3 Å². The van der Waals surface area contributed by atoms with Gasteiger partial charge in [-0.05, 0) is 43.2 Å². The lowest BCUT2D eigenvalue weighted by Gasteiger charge is -2.17. The van der Waals surface area contributed by atoms with Gasteiger partial charge in [-0.25, -0.2) is 4.79 Å². The number of ether oxygens (including phenoxy) is 1. The molecule has 0 radical (unpaired) electrons. The number of benzene rings is 1. The number of hydrogen-bond acceptors (Lipinski definition) is 5. The van der Waals surface area contributed by atoms with E-state index in [-0.39, 0.29) is 17.9 Å². The van der Waals surface area contributed by atoms with E-state index in [1.54, 1.807) is 0 Å². The monoisotopic (exact) mass is 426 g/mol. The van der Waals surface area contributed by atoms with Crippen LogP contribution in [0, 0.1) is 5.92 Å². The van der Waals surface area contributed by atoms with E-state index in [1.165, 1.54) is 25.3 Å². The van der Waals surface area contributed by atoms with Crippen molar-refractivity contribution in [1.82, 2.24) is 10.6 Å². The minimum Gasteiger partial charge on any atom is -0.507 e. The maximum absolute atomic E-state index is 12.5. The van der Waals surface area contributed by atoms with Crippen molar-refractivity contribution in [2.45, 2.75) is 57.6 Å². The van der Waals surface area contributed by atoms with Gasteiger partial charge in [0.2, 0.25) is 0 Å². The highest BCUT2D eigenvalue weighted by molar-refractivity contribution is 6.27. The lowest BCUT2D eigenvalue weighted by atomic mass is 9.89. The summed E-state index contributed by atoms with van der Waals surface area (Å²) in [4.78, 5) is 36.5. The Kier molecular flexibility index (Phi) is 8.27. The second-order valence-electron chi connectivity index (χ2n) is 8.04. The highest BCUT2D eigenvalue weighted by Crippen LogP contribution is 2.25. The second kappa shape index (κ2) is 11.3. The van der Waals surface area contributed by atoms with E-state index in [9.17, 15) is 19.5 Å². The summed E-state index contributed by atoms with van der Waals surface area (Å²) in [5.41, 5.74) is 0.723. The van der Waals surface area contributed by atoms with E-state index in [1.807, 2.05) is 36.4 Å². The molecule has 1 aromatic carbocycles. The van der Waals surface area contributed by atoms with Crippen LogP contribution in [0.15, 0.2) is 53.8 Å². The van der Waals surface area contributed by atoms with Gasteiger partial charge < -0.3 is 20.5 Å². The number of allylic oxidation sites excluding steroid dienone is 2. The van der Waals surface area contributed by atoms with Gasteiger partial charge in [-0.3, -0.25) is 9.59 Å². The smallest absolute Gasteiger partial charge is 0.407 e. The van der Waals surface area contributed by atoms with Crippen LogP contribution in [0.25, 0.3) is 0 Å². The topological polar surface area (TPSA) is 105 Å². The molecule has 0 spiro atoms. The molecule has 1 aromatic rings. The number of rotatable bonds is 8. The molecule has 3 N–H and O–H groups in total. The summed E-state index contributed by atoms with van der Waals surface area (Å²) in [6.07, 6.45) is 9.44. The lowest BCUT2D eigenvalue weighted by molar-refractivity contribution is -0.117. The summed E-state index contributed by atoms with van der Waals surface area (Å²) in [5.74, 6) is -0.823. The van der Waals surface area contributed by atoms with Gasteiger partial charge in [0.05, 0.1) is 6.04 Å². The molecular weight excluding hydrogens is 396 g/mol. The highest BCUT2D eigenvalue weighted by atomic mass is 16.5. The van der Waals surface area contributed by atoms with Gasteiger partial charge in [-0.2, -0.15) is 0 Å². The number of aliphatic hydroxyl groups excluding tert-OH is 1. The van der Waals surface area contributed by atoms with Crippen molar-refractivity contribution in [1.29, 1.82) is 0 Å². The number of alkyl carbamates (subject to hydrolysis) is 1. The van der Waals surface area contributed by atoms with Crippen LogP contribution in [-0.4, -0.2) is 35.5 Å². The van der Waals surface area contributed by atoms with Crippen LogP contribution in [0.3, 0.4) is 0 Å². The third-order valence-corrected chi connectivity index (χ3v) is 5.68. The molecule has 31 heavy (non-hydrogen) atoms. The fourth-order valence-electron chi connectivity index (χ4n) is 3.94. The zero-order valence-electron chi connectivity index (χ0n) is 17.6. The summed E-state index contributed by atoms with van der Waals surface area (Å²) in [6, 6.07) is 8.68. The van der Waals surface area contributed by atoms with Gasteiger partial charge in [0.1, 0.15) is 17.9 Å². The summed E-state index contributed by atoms with van der Waals surface area (Å²) in [7, 11) is 0. The molecular formula is C24H30N2O5. The van der Waals surface area contributed by atoms with Crippen molar-refractivity contribution in [2.24, 2.45) is 5.92 Å². The summed E-state index contributed by atoms with van der Waals surface area (Å²) in [5, 5.41) is 15.5.